The summed E-state index contributed by atoms with van der Waals surface area (Å²) in [6, 6.07) is 11.6. The van der Waals surface area contributed by atoms with Crippen LogP contribution in [0.5, 0.6) is 0 Å². The molecule has 0 aromatic heterocycles. The molecule has 0 bridgehead atoms. The van der Waals surface area contributed by atoms with Crippen molar-refractivity contribution in [2.75, 3.05) is 20.1 Å². The minimum Gasteiger partial charge on any atom is -0.356 e. The Labute approximate surface area is 169 Å². The van der Waals surface area contributed by atoms with Crippen LogP contribution in [0, 0.1) is 11.6 Å². The molecule has 3 rings (SSSR count). The van der Waals surface area contributed by atoms with Crippen LogP contribution in [0.15, 0.2) is 47.5 Å². The standard InChI is InChI=1S/C22H26F2N4O/c1-25-22(27-14-18-13-19(23)8-9-20(18)24)26-11-4-7-21(29)28-12-10-16-5-2-3-6-17(16)15-28/h2-3,5-6,8-9,13H,4,7,10-12,14-15H2,1H3,(H2,25,26,27). The van der Waals surface area contributed by atoms with Gasteiger partial charge in [-0.1, -0.05) is 24.3 Å². The van der Waals surface area contributed by atoms with Gasteiger partial charge in [0.1, 0.15) is 11.6 Å². The molecule has 0 radical (unpaired) electrons. The number of hydrogen-bond acceptors (Lipinski definition) is 2. The van der Waals surface area contributed by atoms with Crippen molar-refractivity contribution in [3.05, 3.63) is 70.8 Å². The van der Waals surface area contributed by atoms with E-state index in [-0.39, 0.29) is 18.0 Å². The normalized spacial score (nSPS) is 13.8. The van der Waals surface area contributed by atoms with Crippen LogP contribution >= 0.6 is 0 Å². The number of fused-ring (bicyclic) bond motifs is 1. The minimum absolute atomic E-state index is 0.120. The molecule has 0 saturated carbocycles. The summed E-state index contributed by atoms with van der Waals surface area (Å²) in [5.74, 6) is -0.327. The van der Waals surface area contributed by atoms with E-state index in [1.165, 1.54) is 11.1 Å². The zero-order valence-corrected chi connectivity index (χ0v) is 16.5. The summed E-state index contributed by atoms with van der Waals surface area (Å²) in [6.45, 7) is 2.10. The highest BCUT2D eigenvalue weighted by Gasteiger charge is 2.19. The van der Waals surface area contributed by atoms with Gasteiger partial charge in [0.05, 0.1) is 0 Å². The molecular formula is C22H26F2N4O. The number of rotatable bonds is 6. The predicted octanol–water partition coefficient (Wildman–Crippen LogP) is 2.99. The van der Waals surface area contributed by atoms with E-state index in [0.717, 1.165) is 31.2 Å². The fourth-order valence-corrected chi connectivity index (χ4v) is 3.39. The van der Waals surface area contributed by atoms with Crippen molar-refractivity contribution in [2.24, 2.45) is 4.99 Å². The number of aliphatic imine (C=N–C) groups is 1. The lowest BCUT2D eigenvalue weighted by Crippen LogP contribution is -2.39. The van der Waals surface area contributed by atoms with Crippen LogP contribution in [0.3, 0.4) is 0 Å². The molecule has 0 unspecified atom stereocenters. The average molecular weight is 400 g/mol. The van der Waals surface area contributed by atoms with Crippen LogP contribution < -0.4 is 10.6 Å². The van der Waals surface area contributed by atoms with Crippen LogP contribution in [-0.4, -0.2) is 36.9 Å². The molecule has 1 heterocycles. The monoisotopic (exact) mass is 400 g/mol. The van der Waals surface area contributed by atoms with E-state index in [0.29, 0.717) is 31.9 Å². The van der Waals surface area contributed by atoms with Crippen LogP contribution in [0.25, 0.3) is 0 Å². The Bertz CT molecular complexity index is 885. The van der Waals surface area contributed by atoms with Gasteiger partial charge in [-0.2, -0.15) is 0 Å². The lowest BCUT2D eigenvalue weighted by molar-refractivity contribution is -0.132. The smallest absolute Gasteiger partial charge is 0.222 e. The Morgan fingerprint density at radius 3 is 2.72 bits per heavy atom. The van der Waals surface area contributed by atoms with E-state index in [2.05, 4.69) is 27.8 Å². The van der Waals surface area contributed by atoms with Crippen molar-refractivity contribution < 1.29 is 13.6 Å². The average Bonchev–Trinajstić information content (AvgIpc) is 2.74. The van der Waals surface area contributed by atoms with Crippen molar-refractivity contribution in [3.63, 3.8) is 0 Å². The van der Waals surface area contributed by atoms with E-state index in [1.807, 2.05) is 17.0 Å². The number of amides is 1. The van der Waals surface area contributed by atoms with Gasteiger partial charge in [-0.15, -0.1) is 0 Å². The summed E-state index contributed by atoms with van der Waals surface area (Å²) in [7, 11) is 1.60. The van der Waals surface area contributed by atoms with Crippen LogP contribution in [-0.2, 0) is 24.3 Å². The number of guanidine groups is 1. The highest BCUT2D eigenvalue weighted by molar-refractivity contribution is 5.80. The molecule has 1 amide bonds. The van der Waals surface area contributed by atoms with Gasteiger partial charge in [0.2, 0.25) is 5.91 Å². The molecule has 0 aliphatic carbocycles. The Kier molecular flexibility index (Phi) is 7.16. The van der Waals surface area contributed by atoms with Crippen molar-refractivity contribution in [1.82, 2.24) is 15.5 Å². The maximum atomic E-state index is 13.7. The zero-order chi connectivity index (χ0) is 20.6. The quantitative estimate of drug-likeness (QED) is 0.445. The molecule has 0 atom stereocenters. The lowest BCUT2D eigenvalue weighted by atomic mass is 9.99. The topological polar surface area (TPSA) is 56.7 Å². The maximum Gasteiger partial charge on any atom is 0.222 e. The number of benzene rings is 2. The molecule has 0 spiro atoms. The van der Waals surface area contributed by atoms with Gasteiger partial charge < -0.3 is 15.5 Å². The highest BCUT2D eigenvalue weighted by Crippen LogP contribution is 2.19. The van der Waals surface area contributed by atoms with Crippen LogP contribution in [0.4, 0.5) is 8.78 Å². The van der Waals surface area contributed by atoms with Crippen molar-refractivity contribution in [2.45, 2.75) is 32.4 Å². The molecule has 1 aliphatic rings. The second-order valence-corrected chi connectivity index (χ2v) is 7.03. The van der Waals surface area contributed by atoms with Gasteiger partial charge in [-0.3, -0.25) is 9.79 Å². The van der Waals surface area contributed by atoms with Gasteiger partial charge in [-0.25, -0.2) is 8.78 Å². The van der Waals surface area contributed by atoms with Gasteiger partial charge in [0.15, 0.2) is 5.96 Å². The third-order valence-electron chi connectivity index (χ3n) is 5.02. The Hall–Kier alpha value is -2.96. The molecule has 29 heavy (non-hydrogen) atoms. The third-order valence-corrected chi connectivity index (χ3v) is 5.02. The van der Waals surface area contributed by atoms with Gasteiger partial charge in [0.25, 0.3) is 0 Å². The zero-order valence-electron chi connectivity index (χ0n) is 16.5. The number of carbonyl (C=O) groups excluding carboxylic acids is 1. The molecule has 0 fully saturated rings. The van der Waals surface area contributed by atoms with E-state index >= 15 is 0 Å². The van der Waals surface area contributed by atoms with Gasteiger partial charge in [-0.05, 0) is 42.2 Å². The molecule has 0 saturated heterocycles. The Balaban J connectivity index is 1.39. The summed E-state index contributed by atoms with van der Waals surface area (Å²) < 4.78 is 26.9. The summed E-state index contributed by atoms with van der Waals surface area (Å²) in [6.07, 6.45) is 2.00. The third kappa shape index (κ3) is 5.76. The number of halogens is 2. The highest BCUT2D eigenvalue weighted by atomic mass is 19.1. The van der Waals surface area contributed by atoms with Crippen LogP contribution in [0.2, 0.25) is 0 Å². The SMILES string of the molecule is CN=C(NCCCC(=O)N1CCc2ccccc2C1)NCc1cc(F)ccc1F. The largest absolute Gasteiger partial charge is 0.356 e. The molecule has 2 aromatic rings. The van der Waals surface area contributed by atoms with Crippen LogP contribution in [0.1, 0.15) is 29.5 Å². The first kappa shape index (κ1) is 20.8. The fourth-order valence-electron chi connectivity index (χ4n) is 3.39. The van der Waals surface area contributed by atoms with Crippen molar-refractivity contribution in [3.8, 4) is 0 Å². The molecular weight excluding hydrogens is 374 g/mol. The molecule has 154 valence electrons. The van der Waals surface area contributed by atoms with Crippen molar-refractivity contribution >= 4 is 11.9 Å². The molecule has 2 aromatic carbocycles. The second-order valence-electron chi connectivity index (χ2n) is 7.03. The minimum atomic E-state index is -0.481. The second kappa shape index (κ2) is 10.0. The number of carbonyl (C=O) groups is 1. The Morgan fingerprint density at radius 1 is 1.14 bits per heavy atom. The van der Waals surface area contributed by atoms with Gasteiger partial charge >= 0.3 is 0 Å². The summed E-state index contributed by atoms with van der Waals surface area (Å²) >= 11 is 0. The first-order chi connectivity index (χ1) is 14.1. The van der Waals surface area contributed by atoms with E-state index in [1.54, 1.807) is 7.05 Å². The first-order valence-electron chi connectivity index (χ1n) is 9.80. The number of nitrogens with zero attached hydrogens (tertiary/aromatic N) is 2. The molecule has 1 aliphatic heterocycles. The Morgan fingerprint density at radius 2 is 1.93 bits per heavy atom. The summed E-state index contributed by atoms with van der Waals surface area (Å²) in [4.78, 5) is 18.5. The summed E-state index contributed by atoms with van der Waals surface area (Å²) in [5, 5.41) is 6.05. The van der Waals surface area contributed by atoms with E-state index in [4.69, 9.17) is 0 Å². The van der Waals surface area contributed by atoms with Crippen molar-refractivity contribution in [1.29, 1.82) is 0 Å². The molecule has 2 N–H and O–H groups in total. The fraction of sp³-hybridized carbons (Fsp3) is 0.364. The molecule has 7 heteroatoms. The number of hydrogen-bond donors (Lipinski definition) is 2. The molecule has 5 nitrogen and oxygen atoms in total. The lowest BCUT2D eigenvalue weighted by Gasteiger charge is -2.29. The predicted molar refractivity (Wildman–Crippen MR) is 109 cm³/mol. The van der Waals surface area contributed by atoms with E-state index < -0.39 is 11.6 Å². The first-order valence-corrected chi connectivity index (χ1v) is 9.80. The summed E-state index contributed by atoms with van der Waals surface area (Å²) in [5.41, 5.74) is 2.77. The maximum absolute atomic E-state index is 13.7. The van der Waals surface area contributed by atoms with Gasteiger partial charge in [0, 0.05) is 45.2 Å². The van der Waals surface area contributed by atoms with E-state index in [9.17, 15) is 13.6 Å². The number of nitrogens with one attached hydrogen (secondary N) is 2.